The molecule has 0 unspecified atom stereocenters. The molecule has 21 heavy (non-hydrogen) atoms. The first-order valence-corrected chi connectivity index (χ1v) is 8.87. The summed E-state index contributed by atoms with van der Waals surface area (Å²) in [4.78, 5) is 11.9. The van der Waals surface area contributed by atoms with E-state index >= 15 is 0 Å². The van der Waals surface area contributed by atoms with Gasteiger partial charge in [0.15, 0.2) is 0 Å². The number of sulfonamides is 1. The average molecular weight is 333 g/mol. The average Bonchev–Trinajstić information content (AvgIpc) is 2.36. The lowest BCUT2D eigenvalue weighted by Crippen LogP contribution is -2.41. The van der Waals surface area contributed by atoms with Gasteiger partial charge < -0.3 is 5.32 Å². The zero-order chi connectivity index (χ0) is 16.0. The minimum atomic E-state index is -3.39. The number of nitrogens with zero attached hydrogens (tertiary/aromatic N) is 1. The van der Waals surface area contributed by atoms with E-state index in [1.807, 2.05) is 26.0 Å². The number of hydrogen-bond donors (Lipinski definition) is 1. The van der Waals surface area contributed by atoms with E-state index in [0.29, 0.717) is 18.1 Å². The number of halogens is 1. The van der Waals surface area contributed by atoms with Crippen molar-refractivity contribution in [3.63, 3.8) is 0 Å². The Balaban J connectivity index is 2.56. The molecule has 0 atom stereocenters. The van der Waals surface area contributed by atoms with Crippen molar-refractivity contribution in [2.75, 3.05) is 19.3 Å². The minimum absolute atomic E-state index is 0.156. The van der Waals surface area contributed by atoms with E-state index in [0.717, 1.165) is 11.8 Å². The van der Waals surface area contributed by atoms with E-state index in [-0.39, 0.29) is 18.4 Å². The van der Waals surface area contributed by atoms with Crippen LogP contribution < -0.4 is 5.32 Å². The smallest absolute Gasteiger partial charge is 0.235 e. The van der Waals surface area contributed by atoms with E-state index < -0.39 is 10.0 Å². The molecule has 0 bridgehead atoms. The third-order valence-corrected chi connectivity index (χ3v) is 4.23. The fourth-order valence-corrected chi connectivity index (χ4v) is 2.79. The summed E-state index contributed by atoms with van der Waals surface area (Å²) in [7, 11) is -3.39. The molecule has 7 heteroatoms. The van der Waals surface area contributed by atoms with Gasteiger partial charge in [-0.3, -0.25) is 4.79 Å². The molecule has 0 fully saturated rings. The lowest BCUT2D eigenvalue weighted by atomic mass is 10.2. The maximum absolute atomic E-state index is 11.9. The van der Waals surface area contributed by atoms with Gasteiger partial charge in [0.1, 0.15) is 0 Å². The van der Waals surface area contributed by atoms with Crippen LogP contribution in [-0.2, 0) is 21.4 Å². The number of nitrogens with one attached hydrogen (secondary N) is 1. The molecule has 0 saturated carbocycles. The van der Waals surface area contributed by atoms with Crippen LogP contribution in [0, 0.1) is 5.92 Å². The molecule has 5 nitrogen and oxygen atoms in total. The zero-order valence-electron chi connectivity index (χ0n) is 12.5. The largest absolute Gasteiger partial charge is 0.351 e. The number of carbonyl (C=O) groups excluding carboxylic acids is 1. The summed E-state index contributed by atoms with van der Waals surface area (Å²) >= 11 is 5.78. The second-order valence-corrected chi connectivity index (χ2v) is 7.77. The van der Waals surface area contributed by atoms with Crippen molar-refractivity contribution in [1.82, 2.24) is 9.62 Å². The van der Waals surface area contributed by atoms with Crippen molar-refractivity contribution in [1.29, 1.82) is 0 Å². The fourth-order valence-electron chi connectivity index (χ4n) is 1.74. The van der Waals surface area contributed by atoms with E-state index in [1.165, 1.54) is 4.31 Å². The number of rotatable bonds is 7. The molecule has 1 rings (SSSR count). The van der Waals surface area contributed by atoms with Gasteiger partial charge in [-0.25, -0.2) is 8.42 Å². The van der Waals surface area contributed by atoms with Gasteiger partial charge in [0, 0.05) is 18.1 Å². The molecule has 1 aromatic carbocycles. The molecule has 1 amide bonds. The monoisotopic (exact) mass is 332 g/mol. The summed E-state index contributed by atoms with van der Waals surface area (Å²) in [5.41, 5.74) is 0.905. The van der Waals surface area contributed by atoms with Gasteiger partial charge in [0.2, 0.25) is 15.9 Å². The Morgan fingerprint density at radius 2 is 1.86 bits per heavy atom. The normalized spacial score (nSPS) is 11.9. The summed E-state index contributed by atoms with van der Waals surface area (Å²) in [6, 6.07) is 7.10. The lowest BCUT2D eigenvalue weighted by molar-refractivity contribution is -0.121. The molecule has 0 aliphatic carbocycles. The topological polar surface area (TPSA) is 66.5 Å². The third kappa shape index (κ3) is 6.93. The third-order valence-electron chi connectivity index (χ3n) is 2.76. The van der Waals surface area contributed by atoms with Crippen LogP contribution in [0.25, 0.3) is 0 Å². The van der Waals surface area contributed by atoms with Gasteiger partial charge in [0.25, 0.3) is 0 Å². The van der Waals surface area contributed by atoms with Gasteiger partial charge in [-0.2, -0.15) is 4.31 Å². The highest BCUT2D eigenvalue weighted by atomic mass is 35.5. The van der Waals surface area contributed by atoms with Crippen molar-refractivity contribution < 1.29 is 13.2 Å². The van der Waals surface area contributed by atoms with Crippen LogP contribution in [0.4, 0.5) is 0 Å². The molecular weight excluding hydrogens is 312 g/mol. The van der Waals surface area contributed by atoms with E-state index in [1.54, 1.807) is 12.1 Å². The second kappa shape index (κ2) is 7.77. The Morgan fingerprint density at radius 1 is 1.29 bits per heavy atom. The molecule has 1 N–H and O–H groups in total. The summed E-state index contributed by atoms with van der Waals surface area (Å²) in [5.74, 6) is -0.167. The molecular formula is C14H21ClN2O3S. The van der Waals surface area contributed by atoms with Crippen LogP contribution in [0.5, 0.6) is 0 Å². The van der Waals surface area contributed by atoms with Crippen LogP contribution in [-0.4, -0.2) is 38.0 Å². The van der Waals surface area contributed by atoms with Crippen LogP contribution in [0.15, 0.2) is 24.3 Å². The van der Waals surface area contributed by atoms with Gasteiger partial charge in [-0.15, -0.1) is 0 Å². The molecule has 1 aromatic rings. The molecule has 0 heterocycles. The van der Waals surface area contributed by atoms with Crippen molar-refractivity contribution in [2.45, 2.75) is 20.4 Å². The Kier molecular flexibility index (Phi) is 6.64. The predicted octanol–water partition coefficient (Wildman–Crippen LogP) is 1.87. The van der Waals surface area contributed by atoms with Crippen molar-refractivity contribution >= 4 is 27.5 Å². The molecule has 0 spiro atoms. The number of hydrogen-bond acceptors (Lipinski definition) is 3. The van der Waals surface area contributed by atoms with Gasteiger partial charge >= 0.3 is 0 Å². The van der Waals surface area contributed by atoms with Crippen LogP contribution >= 0.6 is 11.6 Å². The Hall–Kier alpha value is -1.11. The predicted molar refractivity (Wildman–Crippen MR) is 84.6 cm³/mol. The first kappa shape index (κ1) is 17.9. The molecule has 0 aromatic heterocycles. The first-order valence-electron chi connectivity index (χ1n) is 6.64. The highest BCUT2D eigenvalue weighted by Gasteiger charge is 2.20. The van der Waals surface area contributed by atoms with Gasteiger partial charge in [-0.1, -0.05) is 37.6 Å². The van der Waals surface area contributed by atoms with E-state index in [2.05, 4.69) is 5.32 Å². The molecule has 0 radical (unpaired) electrons. The van der Waals surface area contributed by atoms with Crippen LogP contribution in [0.2, 0.25) is 5.02 Å². The zero-order valence-corrected chi connectivity index (χ0v) is 14.0. The van der Waals surface area contributed by atoms with Crippen LogP contribution in [0.3, 0.4) is 0 Å². The Bertz CT molecular complexity index is 570. The molecule has 118 valence electrons. The standard InChI is InChI=1S/C14H21ClN2O3S/c1-11(2)9-17(21(3,19)20)10-14(18)16-8-12-4-6-13(15)7-5-12/h4-7,11H,8-10H2,1-3H3,(H,16,18). The highest BCUT2D eigenvalue weighted by Crippen LogP contribution is 2.09. The number of benzene rings is 1. The van der Waals surface area contributed by atoms with E-state index in [9.17, 15) is 13.2 Å². The SMILES string of the molecule is CC(C)CN(CC(=O)NCc1ccc(Cl)cc1)S(C)(=O)=O. The maximum Gasteiger partial charge on any atom is 0.235 e. The summed E-state index contributed by atoms with van der Waals surface area (Å²) in [6.07, 6.45) is 1.11. The number of carbonyl (C=O) groups is 1. The summed E-state index contributed by atoms with van der Waals surface area (Å²) in [5, 5.41) is 3.34. The summed E-state index contributed by atoms with van der Waals surface area (Å²) in [6.45, 7) is 4.32. The van der Waals surface area contributed by atoms with Gasteiger partial charge in [-0.05, 0) is 23.6 Å². The van der Waals surface area contributed by atoms with Crippen molar-refractivity contribution in [3.8, 4) is 0 Å². The van der Waals surface area contributed by atoms with Crippen molar-refractivity contribution in [2.24, 2.45) is 5.92 Å². The Morgan fingerprint density at radius 3 is 2.33 bits per heavy atom. The van der Waals surface area contributed by atoms with Crippen molar-refractivity contribution in [3.05, 3.63) is 34.9 Å². The van der Waals surface area contributed by atoms with Crippen LogP contribution in [0.1, 0.15) is 19.4 Å². The molecule has 0 aliphatic rings. The first-order chi connectivity index (χ1) is 9.68. The fraction of sp³-hybridized carbons (Fsp3) is 0.500. The lowest BCUT2D eigenvalue weighted by Gasteiger charge is -2.21. The summed E-state index contributed by atoms with van der Waals surface area (Å²) < 4.78 is 24.5. The molecule has 0 saturated heterocycles. The maximum atomic E-state index is 11.9. The van der Waals surface area contributed by atoms with Gasteiger partial charge in [0.05, 0.1) is 12.8 Å². The quantitative estimate of drug-likeness (QED) is 0.829. The second-order valence-electron chi connectivity index (χ2n) is 5.35. The Labute approximate surface area is 131 Å². The minimum Gasteiger partial charge on any atom is -0.351 e. The molecule has 0 aliphatic heterocycles. The highest BCUT2D eigenvalue weighted by molar-refractivity contribution is 7.88. The van der Waals surface area contributed by atoms with E-state index in [4.69, 9.17) is 11.6 Å². The number of amides is 1.